The van der Waals surface area contributed by atoms with Gasteiger partial charge >= 0.3 is 6.18 Å². The molecule has 7 heteroatoms. The molecular formula is C11H12BrClF3NO. The summed E-state index contributed by atoms with van der Waals surface area (Å²) in [5, 5.41) is 3.57. The summed E-state index contributed by atoms with van der Waals surface area (Å²) in [5.74, 6) is 0. The maximum atomic E-state index is 11.7. The molecular weight excluding hydrogens is 334 g/mol. The third kappa shape index (κ3) is 6.58. The van der Waals surface area contributed by atoms with Crippen molar-refractivity contribution in [3.8, 4) is 0 Å². The van der Waals surface area contributed by atoms with Crippen LogP contribution in [0.4, 0.5) is 13.2 Å². The Bertz CT molecular complexity index is 387. The predicted octanol–water partition coefficient (Wildman–Crippen LogP) is 3.77. The number of rotatable bonds is 6. The molecule has 0 saturated carbocycles. The van der Waals surface area contributed by atoms with Crippen LogP contribution in [-0.2, 0) is 11.3 Å². The minimum absolute atomic E-state index is 0.0176. The number of benzene rings is 1. The summed E-state index contributed by atoms with van der Waals surface area (Å²) in [7, 11) is 0. The molecule has 2 nitrogen and oxygen atoms in total. The summed E-state index contributed by atoms with van der Waals surface area (Å²) >= 11 is 9.17. The highest BCUT2D eigenvalue weighted by molar-refractivity contribution is 9.10. The summed E-state index contributed by atoms with van der Waals surface area (Å²) in [4.78, 5) is 0. The first kappa shape index (κ1) is 15.8. The van der Waals surface area contributed by atoms with E-state index in [2.05, 4.69) is 26.0 Å². The number of nitrogens with one attached hydrogen (secondary N) is 1. The minimum Gasteiger partial charge on any atom is -0.371 e. The van der Waals surface area contributed by atoms with E-state index in [4.69, 9.17) is 11.6 Å². The van der Waals surface area contributed by atoms with E-state index in [0.29, 0.717) is 18.1 Å². The first-order chi connectivity index (χ1) is 8.38. The molecule has 0 aliphatic rings. The number of ether oxygens (including phenoxy) is 1. The Morgan fingerprint density at radius 1 is 1.33 bits per heavy atom. The van der Waals surface area contributed by atoms with Crippen LogP contribution in [0.25, 0.3) is 0 Å². The average Bonchev–Trinajstić information content (AvgIpc) is 2.26. The van der Waals surface area contributed by atoms with Crippen LogP contribution in [-0.4, -0.2) is 25.9 Å². The van der Waals surface area contributed by atoms with Crippen molar-refractivity contribution in [2.75, 3.05) is 19.8 Å². The van der Waals surface area contributed by atoms with Crippen molar-refractivity contribution in [1.29, 1.82) is 0 Å². The van der Waals surface area contributed by atoms with Crippen LogP contribution in [0, 0.1) is 0 Å². The number of alkyl halides is 3. The maximum absolute atomic E-state index is 11.7. The number of hydrogen-bond acceptors (Lipinski definition) is 2. The highest BCUT2D eigenvalue weighted by Gasteiger charge is 2.27. The monoisotopic (exact) mass is 345 g/mol. The third-order valence-corrected chi connectivity index (χ3v) is 3.23. The van der Waals surface area contributed by atoms with Crippen LogP contribution < -0.4 is 5.32 Å². The standard InChI is InChI=1S/C11H12BrClF3NO/c12-9-2-1-8(5-10(9)13)6-17-3-4-18-7-11(14,15)16/h1-2,5,17H,3-4,6-7H2. The average molecular weight is 347 g/mol. The van der Waals surface area contributed by atoms with Crippen molar-refractivity contribution in [3.05, 3.63) is 33.3 Å². The summed E-state index contributed by atoms with van der Waals surface area (Å²) < 4.78 is 40.5. The van der Waals surface area contributed by atoms with Gasteiger partial charge in [-0.15, -0.1) is 0 Å². The molecule has 0 bridgehead atoms. The Hall–Kier alpha value is -0.300. The molecule has 0 atom stereocenters. The van der Waals surface area contributed by atoms with Crippen LogP contribution >= 0.6 is 27.5 Å². The predicted molar refractivity (Wildman–Crippen MR) is 67.7 cm³/mol. The van der Waals surface area contributed by atoms with E-state index < -0.39 is 12.8 Å². The second-order valence-corrected chi connectivity index (χ2v) is 4.85. The molecule has 1 N–H and O–H groups in total. The summed E-state index contributed by atoms with van der Waals surface area (Å²) in [5.41, 5.74) is 0.957. The van der Waals surface area contributed by atoms with Crippen LogP contribution in [0.15, 0.2) is 22.7 Å². The van der Waals surface area contributed by atoms with Crippen molar-refractivity contribution < 1.29 is 17.9 Å². The van der Waals surface area contributed by atoms with Crippen LogP contribution in [0.5, 0.6) is 0 Å². The maximum Gasteiger partial charge on any atom is 0.411 e. The molecule has 0 radical (unpaired) electrons. The van der Waals surface area contributed by atoms with Crippen molar-refractivity contribution in [2.45, 2.75) is 12.7 Å². The SMILES string of the molecule is FC(F)(F)COCCNCc1ccc(Br)c(Cl)c1. The first-order valence-electron chi connectivity index (χ1n) is 5.17. The van der Waals surface area contributed by atoms with E-state index in [-0.39, 0.29) is 6.61 Å². The second-order valence-electron chi connectivity index (χ2n) is 3.59. The minimum atomic E-state index is -4.26. The molecule has 0 spiro atoms. The molecule has 1 aromatic carbocycles. The van der Waals surface area contributed by atoms with E-state index in [0.717, 1.165) is 10.0 Å². The Labute approximate surface area is 117 Å². The van der Waals surface area contributed by atoms with Crippen molar-refractivity contribution in [1.82, 2.24) is 5.32 Å². The summed E-state index contributed by atoms with van der Waals surface area (Å²) in [6.45, 7) is -0.311. The Balaban J connectivity index is 2.16. The Morgan fingerprint density at radius 3 is 2.67 bits per heavy atom. The van der Waals surface area contributed by atoms with E-state index in [1.54, 1.807) is 6.07 Å². The van der Waals surface area contributed by atoms with Gasteiger partial charge in [-0.2, -0.15) is 13.2 Å². The highest BCUT2D eigenvalue weighted by atomic mass is 79.9. The van der Waals surface area contributed by atoms with Gasteiger partial charge in [0, 0.05) is 17.6 Å². The van der Waals surface area contributed by atoms with Crippen molar-refractivity contribution in [2.24, 2.45) is 0 Å². The fourth-order valence-electron chi connectivity index (χ4n) is 1.21. The van der Waals surface area contributed by atoms with Gasteiger partial charge in [-0.25, -0.2) is 0 Å². The third-order valence-electron chi connectivity index (χ3n) is 2.00. The smallest absolute Gasteiger partial charge is 0.371 e. The van der Waals surface area contributed by atoms with Gasteiger partial charge in [0.15, 0.2) is 0 Å². The van der Waals surface area contributed by atoms with Gasteiger partial charge in [0.05, 0.1) is 11.6 Å². The molecule has 1 rings (SSSR count). The van der Waals surface area contributed by atoms with Gasteiger partial charge in [0.25, 0.3) is 0 Å². The Morgan fingerprint density at radius 2 is 2.06 bits per heavy atom. The molecule has 102 valence electrons. The molecule has 0 aliphatic heterocycles. The summed E-state index contributed by atoms with van der Waals surface area (Å²) in [6, 6.07) is 5.48. The lowest BCUT2D eigenvalue weighted by molar-refractivity contribution is -0.173. The molecule has 0 aromatic heterocycles. The summed E-state index contributed by atoms with van der Waals surface area (Å²) in [6.07, 6.45) is -4.26. The molecule has 0 aliphatic carbocycles. The van der Waals surface area contributed by atoms with E-state index in [9.17, 15) is 13.2 Å². The normalized spacial score (nSPS) is 11.8. The van der Waals surface area contributed by atoms with Crippen LogP contribution in [0.3, 0.4) is 0 Å². The topological polar surface area (TPSA) is 21.3 Å². The largest absolute Gasteiger partial charge is 0.411 e. The molecule has 0 unspecified atom stereocenters. The molecule has 0 amide bonds. The van der Waals surface area contributed by atoms with E-state index in [1.807, 2.05) is 12.1 Å². The van der Waals surface area contributed by atoms with Gasteiger partial charge in [-0.3, -0.25) is 0 Å². The highest BCUT2D eigenvalue weighted by Crippen LogP contribution is 2.23. The zero-order valence-corrected chi connectivity index (χ0v) is 11.7. The quantitative estimate of drug-likeness (QED) is 0.792. The van der Waals surface area contributed by atoms with Crippen molar-refractivity contribution >= 4 is 27.5 Å². The Kier molecular flexibility index (Phi) is 6.42. The number of halogens is 5. The van der Waals surface area contributed by atoms with E-state index in [1.165, 1.54) is 0 Å². The fourth-order valence-corrected chi connectivity index (χ4v) is 1.66. The lowest BCUT2D eigenvalue weighted by Gasteiger charge is -2.09. The van der Waals surface area contributed by atoms with Gasteiger partial charge in [0.1, 0.15) is 6.61 Å². The van der Waals surface area contributed by atoms with Crippen molar-refractivity contribution in [3.63, 3.8) is 0 Å². The van der Waals surface area contributed by atoms with Crippen LogP contribution in [0.2, 0.25) is 5.02 Å². The van der Waals surface area contributed by atoms with Gasteiger partial charge in [-0.05, 0) is 33.6 Å². The lowest BCUT2D eigenvalue weighted by Crippen LogP contribution is -2.23. The lowest BCUT2D eigenvalue weighted by atomic mass is 10.2. The van der Waals surface area contributed by atoms with Gasteiger partial charge < -0.3 is 10.1 Å². The van der Waals surface area contributed by atoms with Gasteiger partial charge in [0.2, 0.25) is 0 Å². The molecule has 18 heavy (non-hydrogen) atoms. The van der Waals surface area contributed by atoms with Crippen LogP contribution in [0.1, 0.15) is 5.56 Å². The zero-order valence-electron chi connectivity index (χ0n) is 9.36. The molecule has 0 heterocycles. The fraction of sp³-hybridized carbons (Fsp3) is 0.455. The molecule has 0 saturated heterocycles. The molecule has 1 aromatic rings. The van der Waals surface area contributed by atoms with Gasteiger partial charge in [-0.1, -0.05) is 17.7 Å². The second kappa shape index (κ2) is 7.33. The van der Waals surface area contributed by atoms with E-state index >= 15 is 0 Å². The molecule has 0 fully saturated rings. The first-order valence-corrected chi connectivity index (χ1v) is 6.35. The zero-order chi connectivity index (χ0) is 13.6. The number of hydrogen-bond donors (Lipinski definition) is 1.